The van der Waals surface area contributed by atoms with E-state index >= 15 is 0 Å². The summed E-state index contributed by atoms with van der Waals surface area (Å²) in [5, 5.41) is 12.4. The molecule has 0 heterocycles. The van der Waals surface area contributed by atoms with Crippen LogP contribution >= 0.6 is 23.2 Å². The third-order valence-corrected chi connectivity index (χ3v) is 2.32. The summed E-state index contributed by atoms with van der Waals surface area (Å²) in [4.78, 5) is 10.7. The lowest BCUT2D eigenvalue weighted by molar-refractivity contribution is 0.0697. The first-order chi connectivity index (χ1) is 6.91. The van der Waals surface area contributed by atoms with E-state index in [1.54, 1.807) is 0 Å². The van der Waals surface area contributed by atoms with Crippen molar-refractivity contribution in [2.45, 2.75) is 19.9 Å². The zero-order valence-electron chi connectivity index (χ0n) is 8.34. The molecule has 2 N–H and O–H groups in total. The third-order valence-electron chi connectivity index (χ3n) is 1.72. The van der Waals surface area contributed by atoms with Gasteiger partial charge in [-0.05, 0) is 26.0 Å². The van der Waals surface area contributed by atoms with E-state index in [2.05, 4.69) is 5.32 Å². The van der Waals surface area contributed by atoms with E-state index in [-0.39, 0.29) is 11.6 Å². The van der Waals surface area contributed by atoms with Crippen molar-refractivity contribution < 1.29 is 9.90 Å². The maximum atomic E-state index is 10.7. The number of carbonyl (C=O) groups is 1. The molecule has 0 saturated heterocycles. The number of benzene rings is 1. The number of aromatic carboxylic acids is 1. The molecule has 0 aliphatic rings. The summed E-state index contributed by atoms with van der Waals surface area (Å²) in [5.74, 6) is -1.05. The first-order valence-electron chi connectivity index (χ1n) is 4.40. The van der Waals surface area contributed by atoms with E-state index in [1.165, 1.54) is 12.1 Å². The van der Waals surface area contributed by atoms with Crippen LogP contribution in [-0.2, 0) is 0 Å². The molecule has 0 radical (unpaired) electrons. The highest BCUT2D eigenvalue weighted by molar-refractivity contribution is 6.39. The van der Waals surface area contributed by atoms with Crippen LogP contribution in [0.3, 0.4) is 0 Å². The van der Waals surface area contributed by atoms with Gasteiger partial charge in [-0.1, -0.05) is 23.2 Å². The Balaban J connectivity index is 3.15. The van der Waals surface area contributed by atoms with Gasteiger partial charge in [0.1, 0.15) is 0 Å². The van der Waals surface area contributed by atoms with Gasteiger partial charge in [-0.15, -0.1) is 0 Å². The van der Waals surface area contributed by atoms with E-state index < -0.39 is 5.97 Å². The van der Waals surface area contributed by atoms with Gasteiger partial charge in [0.25, 0.3) is 0 Å². The summed E-state index contributed by atoms with van der Waals surface area (Å²) < 4.78 is 0. The number of halogens is 2. The van der Waals surface area contributed by atoms with Crippen LogP contribution in [-0.4, -0.2) is 17.1 Å². The summed E-state index contributed by atoms with van der Waals surface area (Å²) >= 11 is 11.8. The lowest BCUT2D eigenvalue weighted by atomic mass is 10.2. The van der Waals surface area contributed by atoms with Gasteiger partial charge >= 0.3 is 5.97 Å². The third kappa shape index (κ3) is 3.01. The first kappa shape index (κ1) is 12.1. The largest absolute Gasteiger partial charge is 0.478 e. The molecule has 1 aromatic carbocycles. The molecule has 0 fully saturated rings. The topological polar surface area (TPSA) is 49.3 Å². The van der Waals surface area contributed by atoms with Crippen LogP contribution < -0.4 is 5.32 Å². The molecule has 82 valence electrons. The second kappa shape index (κ2) is 4.73. The molecule has 5 heteroatoms. The molecule has 0 aliphatic carbocycles. The van der Waals surface area contributed by atoms with Crippen LogP contribution in [0.2, 0.25) is 10.0 Å². The highest BCUT2D eigenvalue weighted by atomic mass is 35.5. The number of carboxylic acids is 1. The SMILES string of the molecule is CC(C)Nc1c(Cl)cc(C(=O)O)cc1Cl. The Kier molecular flexibility index (Phi) is 3.83. The Hall–Kier alpha value is -0.930. The van der Waals surface area contributed by atoms with Crippen molar-refractivity contribution in [3.63, 3.8) is 0 Å². The van der Waals surface area contributed by atoms with E-state index in [4.69, 9.17) is 28.3 Å². The Morgan fingerprint density at radius 2 is 1.80 bits per heavy atom. The van der Waals surface area contributed by atoms with Crippen molar-refractivity contribution >= 4 is 34.9 Å². The maximum absolute atomic E-state index is 10.7. The van der Waals surface area contributed by atoms with Crippen LogP contribution in [0.4, 0.5) is 5.69 Å². The first-order valence-corrected chi connectivity index (χ1v) is 5.16. The van der Waals surface area contributed by atoms with Crippen molar-refractivity contribution in [1.82, 2.24) is 0 Å². The molecule has 15 heavy (non-hydrogen) atoms. The molecule has 0 atom stereocenters. The van der Waals surface area contributed by atoms with Gasteiger partial charge in [0.15, 0.2) is 0 Å². The normalized spacial score (nSPS) is 10.5. The minimum Gasteiger partial charge on any atom is -0.478 e. The highest BCUT2D eigenvalue weighted by Gasteiger charge is 2.12. The van der Waals surface area contributed by atoms with Gasteiger partial charge in [0, 0.05) is 6.04 Å². The number of anilines is 1. The molecule has 0 spiro atoms. The predicted octanol–water partition coefficient (Wildman–Crippen LogP) is 3.51. The van der Waals surface area contributed by atoms with Crippen molar-refractivity contribution in [2.75, 3.05) is 5.32 Å². The molecule has 0 aromatic heterocycles. The molecule has 0 unspecified atom stereocenters. The lowest BCUT2D eigenvalue weighted by Gasteiger charge is -2.13. The second-order valence-corrected chi connectivity index (χ2v) is 4.23. The van der Waals surface area contributed by atoms with Crippen molar-refractivity contribution in [3.05, 3.63) is 27.7 Å². The number of nitrogens with one attached hydrogen (secondary N) is 1. The molecule has 1 rings (SSSR count). The van der Waals surface area contributed by atoms with Gasteiger partial charge in [-0.25, -0.2) is 4.79 Å². The molecule has 1 aromatic rings. The van der Waals surface area contributed by atoms with Crippen molar-refractivity contribution in [2.24, 2.45) is 0 Å². The molecule has 3 nitrogen and oxygen atoms in total. The van der Waals surface area contributed by atoms with Crippen LogP contribution in [0.1, 0.15) is 24.2 Å². The Bertz CT molecular complexity index is 368. The molecular weight excluding hydrogens is 237 g/mol. The smallest absolute Gasteiger partial charge is 0.335 e. The molecule has 0 amide bonds. The zero-order chi connectivity index (χ0) is 11.6. The van der Waals surface area contributed by atoms with E-state index in [9.17, 15) is 4.79 Å². The Morgan fingerprint density at radius 3 is 2.13 bits per heavy atom. The van der Waals surface area contributed by atoms with Gasteiger partial charge in [0.05, 0.1) is 21.3 Å². The van der Waals surface area contributed by atoms with Crippen LogP contribution in [0, 0.1) is 0 Å². The van der Waals surface area contributed by atoms with Crippen LogP contribution in [0.5, 0.6) is 0 Å². The summed E-state index contributed by atoms with van der Waals surface area (Å²) in [6.45, 7) is 3.88. The monoisotopic (exact) mass is 247 g/mol. The van der Waals surface area contributed by atoms with Gasteiger partial charge in [0.2, 0.25) is 0 Å². The van der Waals surface area contributed by atoms with Gasteiger partial charge < -0.3 is 10.4 Å². The Morgan fingerprint density at radius 1 is 1.33 bits per heavy atom. The van der Waals surface area contributed by atoms with Gasteiger partial charge in [-0.2, -0.15) is 0 Å². The van der Waals surface area contributed by atoms with Crippen LogP contribution in [0.15, 0.2) is 12.1 Å². The number of hydrogen-bond acceptors (Lipinski definition) is 2. The average molecular weight is 248 g/mol. The fraction of sp³-hybridized carbons (Fsp3) is 0.300. The Labute approximate surface area is 98.0 Å². The quantitative estimate of drug-likeness (QED) is 0.860. The molecule has 0 saturated carbocycles. The van der Waals surface area contributed by atoms with Crippen molar-refractivity contribution in [1.29, 1.82) is 0 Å². The lowest BCUT2D eigenvalue weighted by Crippen LogP contribution is -2.11. The van der Waals surface area contributed by atoms with Gasteiger partial charge in [-0.3, -0.25) is 0 Å². The van der Waals surface area contributed by atoms with Crippen molar-refractivity contribution in [3.8, 4) is 0 Å². The molecular formula is C10H11Cl2NO2. The fourth-order valence-electron chi connectivity index (χ4n) is 1.12. The summed E-state index contributed by atoms with van der Waals surface area (Å²) in [6, 6.07) is 2.93. The molecule has 0 bridgehead atoms. The van der Waals surface area contributed by atoms with E-state index in [0.717, 1.165) is 0 Å². The van der Waals surface area contributed by atoms with E-state index in [1.807, 2.05) is 13.8 Å². The predicted molar refractivity (Wildman–Crippen MR) is 62.2 cm³/mol. The second-order valence-electron chi connectivity index (χ2n) is 3.42. The minimum absolute atomic E-state index is 0.0827. The minimum atomic E-state index is -1.05. The number of hydrogen-bond donors (Lipinski definition) is 2. The summed E-state index contributed by atoms with van der Waals surface area (Å²) in [5.41, 5.74) is 0.651. The standard InChI is InChI=1S/C10H11Cl2NO2/c1-5(2)13-9-7(11)3-6(10(14)15)4-8(9)12/h3-5,13H,1-2H3,(H,14,15). The molecule has 0 aliphatic heterocycles. The zero-order valence-corrected chi connectivity index (χ0v) is 9.86. The highest BCUT2D eigenvalue weighted by Crippen LogP contribution is 2.32. The summed E-state index contributed by atoms with van der Waals surface area (Å²) in [7, 11) is 0. The number of rotatable bonds is 3. The van der Waals surface area contributed by atoms with Crippen LogP contribution in [0.25, 0.3) is 0 Å². The maximum Gasteiger partial charge on any atom is 0.335 e. The average Bonchev–Trinajstić information content (AvgIpc) is 2.10. The fourth-order valence-corrected chi connectivity index (χ4v) is 1.72. The summed E-state index contributed by atoms with van der Waals surface area (Å²) in [6.07, 6.45) is 0. The van der Waals surface area contributed by atoms with E-state index in [0.29, 0.717) is 15.7 Å². The number of carboxylic acid groups (broad SMARTS) is 1.